The second kappa shape index (κ2) is 5.58. The summed E-state index contributed by atoms with van der Waals surface area (Å²) >= 11 is 1.77. The summed E-state index contributed by atoms with van der Waals surface area (Å²) in [4.78, 5) is 0. The van der Waals surface area contributed by atoms with Crippen LogP contribution in [-0.4, -0.2) is 14.8 Å². The van der Waals surface area contributed by atoms with Crippen LogP contribution in [0.15, 0.2) is 23.4 Å². The van der Waals surface area contributed by atoms with E-state index in [4.69, 9.17) is 5.73 Å². The molecule has 106 valence electrons. The third kappa shape index (κ3) is 2.60. The van der Waals surface area contributed by atoms with Crippen molar-refractivity contribution in [2.24, 2.45) is 5.73 Å². The summed E-state index contributed by atoms with van der Waals surface area (Å²) in [6.45, 7) is 4.80. The Morgan fingerprint density at radius 1 is 1.25 bits per heavy atom. The molecule has 1 saturated carbocycles. The molecule has 2 N–H and O–H groups in total. The molecule has 0 aliphatic heterocycles. The molecular formula is C15H20N4S. The summed E-state index contributed by atoms with van der Waals surface area (Å²) in [7, 11) is 0. The zero-order valence-electron chi connectivity index (χ0n) is 12.0. The zero-order chi connectivity index (χ0) is 14.1. The highest BCUT2D eigenvalue weighted by Crippen LogP contribution is 2.39. The molecule has 4 nitrogen and oxygen atoms in total. The van der Waals surface area contributed by atoms with Crippen LogP contribution in [0.25, 0.3) is 0 Å². The van der Waals surface area contributed by atoms with Gasteiger partial charge in [0.25, 0.3) is 0 Å². The van der Waals surface area contributed by atoms with Crippen LogP contribution in [0.5, 0.6) is 0 Å². The van der Waals surface area contributed by atoms with Crippen LogP contribution in [0.3, 0.4) is 0 Å². The van der Waals surface area contributed by atoms with Crippen molar-refractivity contribution in [1.82, 2.24) is 14.8 Å². The Bertz CT molecular complexity index is 596. The maximum atomic E-state index is 5.75. The van der Waals surface area contributed by atoms with E-state index in [1.807, 2.05) is 0 Å². The van der Waals surface area contributed by atoms with Crippen molar-refractivity contribution in [2.45, 2.75) is 50.2 Å². The third-order valence-corrected chi connectivity index (χ3v) is 4.79. The first kappa shape index (κ1) is 13.6. The number of nitrogens with two attached hydrogens (primary N) is 1. The van der Waals surface area contributed by atoms with Gasteiger partial charge in [0.15, 0.2) is 5.16 Å². The summed E-state index contributed by atoms with van der Waals surface area (Å²) in [5, 5.41) is 9.55. The fourth-order valence-corrected chi connectivity index (χ4v) is 3.68. The summed E-state index contributed by atoms with van der Waals surface area (Å²) in [5.41, 5.74) is 9.84. The molecule has 0 amide bonds. The predicted octanol–water partition coefficient (Wildman–Crippen LogP) is 2.98. The van der Waals surface area contributed by atoms with Gasteiger partial charge in [-0.15, -0.1) is 10.2 Å². The Morgan fingerprint density at radius 3 is 2.55 bits per heavy atom. The Morgan fingerprint density at radius 2 is 1.95 bits per heavy atom. The number of rotatable bonds is 5. The summed E-state index contributed by atoms with van der Waals surface area (Å²) in [5.74, 6) is 1.85. The minimum Gasteiger partial charge on any atom is -0.324 e. The fraction of sp³-hybridized carbons (Fsp3) is 0.467. The number of nitrogens with zero attached hydrogens (tertiary/aromatic N) is 3. The highest BCUT2D eigenvalue weighted by atomic mass is 32.2. The molecular weight excluding hydrogens is 268 g/mol. The Hall–Kier alpha value is -1.33. The van der Waals surface area contributed by atoms with Crippen molar-refractivity contribution >= 4 is 11.8 Å². The van der Waals surface area contributed by atoms with Gasteiger partial charge in [0.05, 0.1) is 6.54 Å². The number of aryl methyl sites for hydroxylation is 2. The molecule has 0 spiro atoms. The van der Waals surface area contributed by atoms with Crippen LogP contribution in [0.2, 0.25) is 0 Å². The van der Waals surface area contributed by atoms with Crippen molar-refractivity contribution in [3.05, 3.63) is 40.7 Å². The molecule has 0 saturated heterocycles. The van der Waals surface area contributed by atoms with Gasteiger partial charge in [0, 0.05) is 11.8 Å². The molecule has 1 heterocycles. The molecule has 2 aromatic rings. The molecule has 5 heteroatoms. The molecule has 1 aliphatic rings. The number of benzene rings is 1. The first-order valence-corrected chi connectivity index (χ1v) is 8.01. The lowest BCUT2D eigenvalue weighted by atomic mass is 10.1. The molecule has 0 bridgehead atoms. The van der Waals surface area contributed by atoms with Crippen LogP contribution < -0.4 is 5.73 Å². The molecule has 0 atom stereocenters. The largest absolute Gasteiger partial charge is 0.324 e. The highest BCUT2D eigenvalue weighted by molar-refractivity contribution is 7.98. The van der Waals surface area contributed by atoms with Crippen molar-refractivity contribution in [3.8, 4) is 0 Å². The summed E-state index contributed by atoms with van der Waals surface area (Å²) in [6, 6.07) is 7.02. The van der Waals surface area contributed by atoms with Gasteiger partial charge < -0.3 is 10.3 Å². The first-order valence-electron chi connectivity index (χ1n) is 7.02. The lowest BCUT2D eigenvalue weighted by Crippen LogP contribution is -2.08. The minimum absolute atomic E-state index is 0.466. The van der Waals surface area contributed by atoms with Gasteiger partial charge in [-0.1, -0.05) is 30.0 Å². The molecule has 1 aliphatic carbocycles. The van der Waals surface area contributed by atoms with Crippen LogP contribution in [0.4, 0.5) is 0 Å². The maximum absolute atomic E-state index is 5.75. The van der Waals surface area contributed by atoms with Gasteiger partial charge in [-0.2, -0.15) is 0 Å². The van der Waals surface area contributed by atoms with Gasteiger partial charge in [0.1, 0.15) is 5.82 Å². The van der Waals surface area contributed by atoms with Crippen LogP contribution in [0.1, 0.15) is 41.4 Å². The number of thioether (sulfide) groups is 1. The normalized spacial score (nSPS) is 14.8. The van der Waals surface area contributed by atoms with E-state index in [1.54, 1.807) is 11.8 Å². The molecule has 20 heavy (non-hydrogen) atoms. The van der Waals surface area contributed by atoms with E-state index < -0.39 is 0 Å². The van der Waals surface area contributed by atoms with E-state index in [-0.39, 0.29) is 0 Å². The van der Waals surface area contributed by atoms with Crippen LogP contribution >= 0.6 is 11.8 Å². The van der Waals surface area contributed by atoms with Crippen molar-refractivity contribution in [1.29, 1.82) is 0 Å². The average Bonchev–Trinajstić information content (AvgIpc) is 3.19. The van der Waals surface area contributed by atoms with E-state index in [0.717, 1.165) is 16.7 Å². The molecule has 0 unspecified atom stereocenters. The minimum atomic E-state index is 0.466. The fourth-order valence-electron chi connectivity index (χ4n) is 2.46. The highest BCUT2D eigenvalue weighted by Gasteiger charge is 2.29. The topological polar surface area (TPSA) is 56.7 Å². The van der Waals surface area contributed by atoms with E-state index in [2.05, 4.69) is 46.8 Å². The van der Waals surface area contributed by atoms with Gasteiger partial charge in [-0.05, 0) is 43.4 Å². The zero-order valence-corrected chi connectivity index (χ0v) is 12.8. The van der Waals surface area contributed by atoms with Crippen LogP contribution in [-0.2, 0) is 12.3 Å². The smallest absolute Gasteiger partial charge is 0.191 e. The maximum Gasteiger partial charge on any atom is 0.191 e. The number of aromatic nitrogens is 3. The quantitative estimate of drug-likeness (QED) is 0.859. The van der Waals surface area contributed by atoms with Crippen LogP contribution in [0, 0.1) is 13.8 Å². The summed E-state index contributed by atoms with van der Waals surface area (Å²) in [6.07, 6.45) is 2.45. The van der Waals surface area contributed by atoms with Gasteiger partial charge in [0.2, 0.25) is 0 Å². The second-order valence-corrected chi connectivity index (χ2v) is 6.31. The Balaban J connectivity index is 1.80. The molecule has 0 radical (unpaired) electrons. The average molecular weight is 288 g/mol. The van der Waals surface area contributed by atoms with Gasteiger partial charge >= 0.3 is 0 Å². The SMILES string of the molecule is Cc1cccc(C)c1CSc1nnc(CN)n1C1CC1. The third-order valence-electron chi connectivity index (χ3n) is 3.82. The second-order valence-electron chi connectivity index (χ2n) is 5.36. The van der Waals surface area contributed by atoms with Gasteiger partial charge in [-0.3, -0.25) is 0 Å². The van der Waals surface area contributed by atoms with Crippen molar-refractivity contribution < 1.29 is 0 Å². The first-order chi connectivity index (χ1) is 9.70. The predicted molar refractivity (Wildman–Crippen MR) is 81.7 cm³/mol. The summed E-state index contributed by atoms with van der Waals surface area (Å²) < 4.78 is 2.23. The lowest BCUT2D eigenvalue weighted by Gasteiger charge is -2.10. The number of hydrogen-bond acceptors (Lipinski definition) is 4. The lowest BCUT2D eigenvalue weighted by molar-refractivity contribution is 0.626. The standard InChI is InChI=1S/C15H20N4S/c1-10-4-3-5-11(2)13(10)9-20-15-18-17-14(8-16)19(15)12-6-7-12/h3-5,12H,6-9,16H2,1-2H3. The van der Waals surface area contributed by atoms with Gasteiger partial charge in [-0.25, -0.2) is 0 Å². The van der Waals surface area contributed by atoms with Crippen molar-refractivity contribution in [3.63, 3.8) is 0 Å². The van der Waals surface area contributed by atoms with E-state index >= 15 is 0 Å². The van der Waals surface area contributed by atoms with Crippen molar-refractivity contribution in [2.75, 3.05) is 0 Å². The van der Waals surface area contributed by atoms with E-state index in [0.29, 0.717) is 12.6 Å². The monoisotopic (exact) mass is 288 g/mol. The number of hydrogen-bond donors (Lipinski definition) is 1. The van der Waals surface area contributed by atoms with E-state index in [9.17, 15) is 0 Å². The van der Waals surface area contributed by atoms with E-state index in [1.165, 1.54) is 29.5 Å². The Kier molecular flexibility index (Phi) is 3.81. The molecule has 1 fully saturated rings. The molecule has 1 aromatic heterocycles. The molecule has 1 aromatic carbocycles. The molecule has 3 rings (SSSR count). The Labute approximate surface area is 123 Å².